The number of carbonyl (C=O) groups is 2. The maximum atomic E-state index is 13.4. The molecule has 144 valence electrons. The van der Waals surface area contributed by atoms with Crippen molar-refractivity contribution < 1.29 is 14.3 Å². The molecule has 28 heavy (non-hydrogen) atoms. The molecule has 1 N–H and O–H groups in total. The summed E-state index contributed by atoms with van der Waals surface area (Å²) in [4.78, 5) is 28.5. The molecule has 2 aromatic rings. The van der Waals surface area contributed by atoms with Crippen LogP contribution in [0.4, 0.5) is 0 Å². The Hall–Kier alpha value is -2.82. The van der Waals surface area contributed by atoms with Gasteiger partial charge < -0.3 is 15.0 Å². The van der Waals surface area contributed by atoms with Crippen LogP contribution >= 0.6 is 0 Å². The molecule has 0 unspecified atom stereocenters. The van der Waals surface area contributed by atoms with E-state index < -0.39 is 11.6 Å². The Morgan fingerprint density at radius 1 is 1.14 bits per heavy atom. The van der Waals surface area contributed by atoms with E-state index in [0.717, 1.165) is 22.4 Å². The fourth-order valence-electron chi connectivity index (χ4n) is 5.46. The number of carbonyl (C=O) groups excluding carboxylic acids is 2. The lowest BCUT2D eigenvalue weighted by atomic mass is 9.73. The zero-order chi connectivity index (χ0) is 19.6. The molecule has 0 radical (unpaired) electrons. The molecule has 2 saturated heterocycles. The zero-order valence-corrected chi connectivity index (χ0v) is 16.3. The molecule has 0 spiro atoms. The fraction of sp³-hybridized carbons (Fsp3) is 0.391. The minimum Gasteiger partial charge on any atom is -0.493 e. The van der Waals surface area contributed by atoms with Gasteiger partial charge in [-0.25, -0.2) is 0 Å². The number of ether oxygens (including phenoxy) is 1. The molecule has 0 bridgehead atoms. The van der Waals surface area contributed by atoms with Gasteiger partial charge in [0.15, 0.2) is 0 Å². The van der Waals surface area contributed by atoms with Crippen LogP contribution in [-0.2, 0) is 9.59 Å². The van der Waals surface area contributed by atoms with E-state index in [-0.39, 0.29) is 29.7 Å². The molecule has 5 nitrogen and oxygen atoms in total. The lowest BCUT2D eigenvalue weighted by Crippen LogP contribution is -2.68. The summed E-state index contributed by atoms with van der Waals surface area (Å²) in [5, 5.41) is 2.91. The highest BCUT2D eigenvalue weighted by molar-refractivity contribution is 6.01. The van der Waals surface area contributed by atoms with Crippen LogP contribution in [0.25, 0.3) is 0 Å². The number of fused-ring (bicyclic) bond motifs is 5. The third-order valence-electron chi connectivity index (χ3n) is 6.71. The predicted octanol–water partition coefficient (Wildman–Crippen LogP) is 2.95. The van der Waals surface area contributed by atoms with Gasteiger partial charge in [0.1, 0.15) is 17.3 Å². The standard InChI is InChI=1S/C23H24N2O3/c1-13-9-10-18-16(11-13)20-17(12-28-18)19(15-7-5-4-6-8-15)23(3)22(27)24-14(2)21(26)25(20)23/h4-11,14,17,19-20H,12H2,1-3H3,(H,24,27)/t14-,17-,19+,20-,23+/m1/s1. The third kappa shape index (κ3) is 2.13. The molecule has 5 atom stereocenters. The van der Waals surface area contributed by atoms with Crippen LogP contribution in [0.5, 0.6) is 5.75 Å². The second-order valence-electron chi connectivity index (χ2n) is 8.40. The number of amides is 2. The van der Waals surface area contributed by atoms with Gasteiger partial charge in [-0.2, -0.15) is 0 Å². The van der Waals surface area contributed by atoms with Crippen LogP contribution in [0.3, 0.4) is 0 Å². The first-order valence-electron chi connectivity index (χ1n) is 9.85. The number of nitrogens with zero attached hydrogens (tertiary/aromatic N) is 1. The third-order valence-corrected chi connectivity index (χ3v) is 6.71. The highest BCUT2D eigenvalue weighted by Crippen LogP contribution is 2.59. The Labute approximate surface area is 164 Å². The number of hydrogen-bond acceptors (Lipinski definition) is 3. The number of piperazine rings is 1. The van der Waals surface area contributed by atoms with Crippen LogP contribution in [0.2, 0.25) is 0 Å². The summed E-state index contributed by atoms with van der Waals surface area (Å²) in [5.74, 6) is 0.585. The van der Waals surface area contributed by atoms with Gasteiger partial charge in [-0.05, 0) is 32.4 Å². The lowest BCUT2D eigenvalue weighted by Gasteiger charge is -2.45. The molecular weight excluding hydrogens is 352 g/mol. The van der Waals surface area contributed by atoms with Crippen LogP contribution in [0, 0.1) is 12.8 Å². The van der Waals surface area contributed by atoms with Crippen LogP contribution < -0.4 is 10.1 Å². The molecule has 3 aliphatic rings. The molecule has 0 aromatic heterocycles. The molecule has 0 aliphatic carbocycles. The second kappa shape index (κ2) is 5.84. The summed E-state index contributed by atoms with van der Waals surface area (Å²) in [6, 6.07) is 15.5. The van der Waals surface area contributed by atoms with E-state index in [4.69, 9.17) is 4.74 Å². The van der Waals surface area contributed by atoms with Crippen molar-refractivity contribution in [2.75, 3.05) is 6.61 Å². The minimum atomic E-state index is -0.949. The van der Waals surface area contributed by atoms with E-state index in [1.807, 2.05) is 49.1 Å². The quantitative estimate of drug-likeness (QED) is 0.833. The first-order valence-corrected chi connectivity index (χ1v) is 9.85. The molecule has 5 heteroatoms. The number of rotatable bonds is 1. The lowest BCUT2D eigenvalue weighted by molar-refractivity contribution is -0.156. The predicted molar refractivity (Wildman–Crippen MR) is 105 cm³/mol. The van der Waals surface area contributed by atoms with Crippen molar-refractivity contribution in [3.05, 3.63) is 65.2 Å². The van der Waals surface area contributed by atoms with Gasteiger partial charge in [-0.15, -0.1) is 0 Å². The largest absolute Gasteiger partial charge is 0.493 e. The number of nitrogens with one attached hydrogen (secondary N) is 1. The van der Waals surface area contributed by atoms with Crippen molar-refractivity contribution in [1.82, 2.24) is 10.2 Å². The van der Waals surface area contributed by atoms with E-state index in [9.17, 15) is 9.59 Å². The highest BCUT2D eigenvalue weighted by Gasteiger charge is 2.66. The van der Waals surface area contributed by atoms with Gasteiger partial charge in [0.2, 0.25) is 11.8 Å². The summed E-state index contributed by atoms with van der Waals surface area (Å²) < 4.78 is 6.12. The topological polar surface area (TPSA) is 58.6 Å². The summed E-state index contributed by atoms with van der Waals surface area (Å²) in [6.45, 7) is 6.21. The monoisotopic (exact) mass is 376 g/mol. The van der Waals surface area contributed by atoms with E-state index in [0.29, 0.717) is 6.61 Å². The average Bonchev–Trinajstić information content (AvgIpc) is 2.97. The number of aryl methyl sites for hydroxylation is 1. The van der Waals surface area contributed by atoms with Crippen molar-refractivity contribution in [2.24, 2.45) is 5.92 Å². The fourth-order valence-corrected chi connectivity index (χ4v) is 5.46. The Morgan fingerprint density at radius 2 is 1.89 bits per heavy atom. The molecule has 2 aromatic carbocycles. The zero-order valence-electron chi connectivity index (χ0n) is 16.3. The summed E-state index contributed by atoms with van der Waals surface area (Å²) >= 11 is 0. The molecule has 0 saturated carbocycles. The normalized spacial score (nSPS) is 33.5. The van der Waals surface area contributed by atoms with Crippen LogP contribution in [0.15, 0.2) is 48.5 Å². The first kappa shape index (κ1) is 17.3. The Morgan fingerprint density at radius 3 is 2.64 bits per heavy atom. The van der Waals surface area contributed by atoms with Crippen molar-refractivity contribution in [3.63, 3.8) is 0 Å². The van der Waals surface area contributed by atoms with E-state index >= 15 is 0 Å². The maximum absolute atomic E-state index is 13.4. The Bertz CT molecular complexity index is 973. The highest BCUT2D eigenvalue weighted by atomic mass is 16.5. The van der Waals surface area contributed by atoms with E-state index in [1.165, 1.54) is 0 Å². The van der Waals surface area contributed by atoms with Crippen molar-refractivity contribution in [1.29, 1.82) is 0 Å². The van der Waals surface area contributed by atoms with Gasteiger partial charge in [-0.3, -0.25) is 9.59 Å². The maximum Gasteiger partial charge on any atom is 0.247 e. The number of hydrogen-bond donors (Lipinski definition) is 1. The van der Waals surface area contributed by atoms with Crippen molar-refractivity contribution in [2.45, 2.75) is 44.3 Å². The molecule has 3 heterocycles. The SMILES string of the molecule is Cc1ccc2c(c1)[C@@H]1[C@H](CO2)[C@H](c2ccccc2)[C@@]2(C)C(=O)N[C@H](C)C(=O)N12. The van der Waals surface area contributed by atoms with Gasteiger partial charge >= 0.3 is 0 Å². The molecule has 5 rings (SSSR count). The average molecular weight is 376 g/mol. The Kier molecular flexibility index (Phi) is 3.60. The Balaban J connectivity index is 1.76. The summed E-state index contributed by atoms with van der Waals surface area (Å²) in [7, 11) is 0. The van der Waals surface area contributed by atoms with Crippen molar-refractivity contribution in [3.8, 4) is 5.75 Å². The minimum absolute atomic E-state index is 0.0155. The van der Waals surface area contributed by atoms with Gasteiger partial charge in [0.05, 0.1) is 12.6 Å². The van der Waals surface area contributed by atoms with E-state index in [2.05, 4.69) is 23.5 Å². The van der Waals surface area contributed by atoms with Gasteiger partial charge in [-0.1, -0.05) is 48.0 Å². The second-order valence-corrected chi connectivity index (χ2v) is 8.40. The van der Waals surface area contributed by atoms with E-state index in [1.54, 1.807) is 6.92 Å². The van der Waals surface area contributed by atoms with Crippen LogP contribution in [0.1, 0.15) is 42.5 Å². The van der Waals surface area contributed by atoms with Gasteiger partial charge in [0, 0.05) is 17.4 Å². The number of benzene rings is 2. The van der Waals surface area contributed by atoms with Gasteiger partial charge in [0.25, 0.3) is 0 Å². The molecular formula is C23H24N2O3. The molecule has 2 fully saturated rings. The molecule has 2 amide bonds. The van der Waals surface area contributed by atoms with Crippen LogP contribution in [-0.4, -0.2) is 34.9 Å². The summed E-state index contributed by atoms with van der Waals surface area (Å²) in [5.41, 5.74) is 2.25. The first-order chi connectivity index (χ1) is 13.4. The summed E-state index contributed by atoms with van der Waals surface area (Å²) in [6.07, 6.45) is 0. The smallest absolute Gasteiger partial charge is 0.247 e. The van der Waals surface area contributed by atoms with Crippen molar-refractivity contribution >= 4 is 11.8 Å². The molecule has 3 aliphatic heterocycles.